The lowest BCUT2D eigenvalue weighted by atomic mass is 9.98. The molecule has 1 saturated heterocycles. The van der Waals surface area contributed by atoms with Crippen molar-refractivity contribution in [2.75, 3.05) is 11.5 Å². The number of nitrogens with zero attached hydrogens (tertiary/aromatic N) is 2. The van der Waals surface area contributed by atoms with E-state index in [4.69, 9.17) is 0 Å². The molecular weight excluding hydrogens is 208 g/mol. The monoisotopic (exact) mass is 226 g/mol. The highest BCUT2D eigenvalue weighted by molar-refractivity contribution is 7.99. The SMILES string of the molecule is Cc1cc(CC(O)C2CCSC2)n(C)n1. The number of thioether (sulfide) groups is 1. The van der Waals surface area contributed by atoms with Gasteiger partial charge < -0.3 is 5.11 Å². The fourth-order valence-electron chi connectivity index (χ4n) is 2.09. The average Bonchev–Trinajstić information content (AvgIpc) is 2.76. The van der Waals surface area contributed by atoms with Crippen LogP contribution in [0.5, 0.6) is 0 Å². The van der Waals surface area contributed by atoms with E-state index in [0.717, 1.165) is 30.0 Å². The van der Waals surface area contributed by atoms with Gasteiger partial charge in [-0.2, -0.15) is 16.9 Å². The number of aliphatic hydroxyl groups excluding tert-OH is 1. The Morgan fingerprint density at radius 1 is 1.73 bits per heavy atom. The zero-order valence-electron chi connectivity index (χ0n) is 9.31. The van der Waals surface area contributed by atoms with Gasteiger partial charge in [0.1, 0.15) is 0 Å². The summed E-state index contributed by atoms with van der Waals surface area (Å²) in [5, 5.41) is 14.4. The zero-order chi connectivity index (χ0) is 10.8. The van der Waals surface area contributed by atoms with Gasteiger partial charge in [0.2, 0.25) is 0 Å². The number of hydrogen-bond donors (Lipinski definition) is 1. The van der Waals surface area contributed by atoms with Gasteiger partial charge in [0, 0.05) is 19.2 Å². The Morgan fingerprint density at radius 2 is 2.53 bits per heavy atom. The average molecular weight is 226 g/mol. The van der Waals surface area contributed by atoms with E-state index in [2.05, 4.69) is 11.2 Å². The Hall–Kier alpha value is -0.480. The molecule has 1 aliphatic heterocycles. The van der Waals surface area contributed by atoms with Crippen molar-refractivity contribution in [3.05, 3.63) is 17.5 Å². The van der Waals surface area contributed by atoms with Gasteiger partial charge in [0.15, 0.2) is 0 Å². The fourth-order valence-corrected chi connectivity index (χ4v) is 3.42. The minimum atomic E-state index is -0.199. The van der Waals surface area contributed by atoms with E-state index in [1.54, 1.807) is 0 Å². The number of hydrogen-bond acceptors (Lipinski definition) is 3. The molecule has 0 aromatic carbocycles. The molecule has 4 heteroatoms. The van der Waals surface area contributed by atoms with Crippen LogP contribution in [0.4, 0.5) is 0 Å². The van der Waals surface area contributed by atoms with Crippen molar-refractivity contribution < 1.29 is 5.11 Å². The Morgan fingerprint density at radius 3 is 3.07 bits per heavy atom. The summed E-state index contributed by atoms with van der Waals surface area (Å²) in [6, 6.07) is 2.06. The molecule has 15 heavy (non-hydrogen) atoms. The van der Waals surface area contributed by atoms with Crippen molar-refractivity contribution in [2.45, 2.75) is 25.9 Å². The van der Waals surface area contributed by atoms with Crippen molar-refractivity contribution in [2.24, 2.45) is 13.0 Å². The van der Waals surface area contributed by atoms with Crippen LogP contribution in [0.2, 0.25) is 0 Å². The maximum Gasteiger partial charge on any atom is 0.0631 e. The molecule has 0 spiro atoms. The van der Waals surface area contributed by atoms with Crippen LogP contribution in [0, 0.1) is 12.8 Å². The van der Waals surface area contributed by atoms with Crippen LogP contribution in [0.25, 0.3) is 0 Å². The van der Waals surface area contributed by atoms with Gasteiger partial charge in [-0.05, 0) is 36.8 Å². The second-order valence-corrected chi connectivity index (χ2v) is 5.45. The Labute approximate surface area is 94.9 Å². The Kier molecular flexibility index (Phi) is 3.36. The second-order valence-electron chi connectivity index (χ2n) is 4.30. The van der Waals surface area contributed by atoms with Crippen LogP contribution in [0.1, 0.15) is 17.8 Å². The third kappa shape index (κ3) is 2.55. The molecule has 2 rings (SSSR count). The van der Waals surface area contributed by atoms with E-state index >= 15 is 0 Å². The smallest absolute Gasteiger partial charge is 0.0631 e. The molecule has 2 heterocycles. The summed E-state index contributed by atoms with van der Waals surface area (Å²) in [7, 11) is 1.94. The summed E-state index contributed by atoms with van der Waals surface area (Å²) < 4.78 is 1.88. The number of aromatic nitrogens is 2. The maximum absolute atomic E-state index is 10.1. The summed E-state index contributed by atoms with van der Waals surface area (Å²) in [4.78, 5) is 0. The fraction of sp³-hybridized carbons (Fsp3) is 0.727. The highest BCUT2D eigenvalue weighted by Gasteiger charge is 2.24. The van der Waals surface area contributed by atoms with E-state index in [1.165, 1.54) is 5.75 Å². The van der Waals surface area contributed by atoms with E-state index in [0.29, 0.717) is 5.92 Å². The lowest BCUT2D eigenvalue weighted by Crippen LogP contribution is -2.23. The molecule has 0 bridgehead atoms. The van der Waals surface area contributed by atoms with Gasteiger partial charge in [-0.1, -0.05) is 0 Å². The standard InChI is InChI=1S/C11H18N2OS/c1-8-5-10(13(2)12-8)6-11(14)9-3-4-15-7-9/h5,9,11,14H,3-4,6-7H2,1-2H3. The lowest BCUT2D eigenvalue weighted by Gasteiger charge is -2.16. The van der Waals surface area contributed by atoms with E-state index in [-0.39, 0.29) is 6.10 Å². The molecule has 1 aliphatic rings. The van der Waals surface area contributed by atoms with E-state index in [1.807, 2.05) is 30.4 Å². The molecule has 0 aliphatic carbocycles. The normalized spacial score (nSPS) is 23.3. The molecule has 84 valence electrons. The van der Waals surface area contributed by atoms with Crippen molar-refractivity contribution in [1.29, 1.82) is 0 Å². The van der Waals surface area contributed by atoms with Crippen LogP contribution < -0.4 is 0 Å². The van der Waals surface area contributed by atoms with Gasteiger partial charge in [-0.15, -0.1) is 0 Å². The first kappa shape index (κ1) is 11.0. The first-order valence-corrected chi connectivity index (χ1v) is 6.57. The molecule has 1 aromatic heterocycles. The molecule has 0 saturated carbocycles. The molecule has 2 unspecified atom stereocenters. The van der Waals surface area contributed by atoms with Crippen LogP contribution >= 0.6 is 11.8 Å². The van der Waals surface area contributed by atoms with Crippen molar-refractivity contribution in [3.63, 3.8) is 0 Å². The van der Waals surface area contributed by atoms with Crippen LogP contribution in [-0.4, -0.2) is 32.5 Å². The molecule has 1 fully saturated rings. The summed E-state index contributed by atoms with van der Waals surface area (Å²) in [5.74, 6) is 2.79. The summed E-state index contributed by atoms with van der Waals surface area (Å²) in [6.45, 7) is 1.99. The molecular formula is C11H18N2OS. The molecule has 3 nitrogen and oxygen atoms in total. The maximum atomic E-state index is 10.1. The van der Waals surface area contributed by atoms with Crippen molar-refractivity contribution in [1.82, 2.24) is 9.78 Å². The summed E-state index contributed by atoms with van der Waals surface area (Å²) in [6.07, 6.45) is 1.69. The highest BCUT2D eigenvalue weighted by Crippen LogP contribution is 2.27. The van der Waals surface area contributed by atoms with Crippen LogP contribution in [-0.2, 0) is 13.5 Å². The molecule has 1 N–H and O–H groups in total. The minimum absolute atomic E-state index is 0.199. The quantitative estimate of drug-likeness (QED) is 0.846. The highest BCUT2D eigenvalue weighted by atomic mass is 32.2. The largest absolute Gasteiger partial charge is 0.392 e. The number of rotatable bonds is 3. The van der Waals surface area contributed by atoms with E-state index < -0.39 is 0 Å². The first-order chi connectivity index (χ1) is 7.16. The molecule has 0 radical (unpaired) electrons. The molecule has 0 amide bonds. The zero-order valence-corrected chi connectivity index (χ0v) is 10.1. The van der Waals surface area contributed by atoms with Gasteiger partial charge in [0.25, 0.3) is 0 Å². The Balaban J connectivity index is 1.98. The predicted molar refractivity (Wildman–Crippen MR) is 63.1 cm³/mol. The third-order valence-electron chi connectivity index (χ3n) is 3.03. The minimum Gasteiger partial charge on any atom is -0.392 e. The van der Waals surface area contributed by atoms with Crippen molar-refractivity contribution in [3.8, 4) is 0 Å². The summed E-state index contributed by atoms with van der Waals surface area (Å²) in [5.41, 5.74) is 2.16. The lowest BCUT2D eigenvalue weighted by molar-refractivity contribution is 0.118. The number of aliphatic hydroxyl groups is 1. The predicted octanol–water partition coefficient (Wildman–Crippen LogP) is 1.39. The molecule has 1 aromatic rings. The topological polar surface area (TPSA) is 38.0 Å². The first-order valence-electron chi connectivity index (χ1n) is 5.42. The summed E-state index contributed by atoms with van der Waals surface area (Å²) >= 11 is 1.95. The van der Waals surface area contributed by atoms with Gasteiger partial charge in [-0.25, -0.2) is 0 Å². The van der Waals surface area contributed by atoms with Crippen LogP contribution in [0.3, 0.4) is 0 Å². The van der Waals surface area contributed by atoms with Crippen LogP contribution in [0.15, 0.2) is 6.07 Å². The van der Waals surface area contributed by atoms with E-state index in [9.17, 15) is 5.11 Å². The second kappa shape index (κ2) is 4.58. The Bertz CT molecular complexity index is 331. The number of aryl methyl sites for hydroxylation is 2. The molecule has 2 atom stereocenters. The van der Waals surface area contributed by atoms with Crippen molar-refractivity contribution >= 4 is 11.8 Å². The van der Waals surface area contributed by atoms with Gasteiger partial charge in [-0.3, -0.25) is 4.68 Å². The van der Waals surface area contributed by atoms with Gasteiger partial charge >= 0.3 is 0 Å². The van der Waals surface area contributed by atoms with Gasteiger partial charge in [0.05, 0.1) is 11.8 Å². The third-order valence-corrected chi connectivity index (χ3v) is 4.21.